The Morgan fingerprint density at radius 3 is 2.00 bits per heavy atom. The van der Waals surface area contributed by atoms with Gasteiger partial charge in [0.15, 0.2) is 0 Å². The summed E-state index contributed by atoms with van der Waals surface area (Å²) in [7, 11) is 0. The minimum Gasteiger partial charge on any atom is -0.481 e. The van der Waals surface area contributed by atoms with E-state index in [0.29, 0.717) is 5.75 Å². The summed E-state index contributed by atoms with van der Waals surface area (Å²) in [6, 6.07) is -4.67. The van der Waals surface area contributed by atoms with Crippen LogP contribution >= 0.6 is 24.4 Å². The normalized spacial score (nSPS) is 14.9. The Kier molecular flexibility index (Phi) is 12.3. The summed E-state index contributed by atoms with van der Waals surface area (Å²) in [6.45, 7) is 1.29. The highest BCUT2D eigenvalue weighted by atomic mass is 32.2. The first-order valence-electron chi connectivity index (χ1n) is 8.24. The van der Waals surface area contributed by atoms with Crippen molar-refractivity contribution in [3.05, 3.63) is 0 Å². The molecule has 13 heteroatoms. The molecular weight excluding hydrogens is 412 g/mol. The number of hydrogen-bond acceptors (Lipinski definition) is 8. The van der Waals surface area contributed by atoms with Crippen LogP contribution in [0.25, 0.3) is 0 Å². The second-order valence-corrected chi connectivity index (χ2v) is 7.21. The van der Waals surface area contributed by atoms with Gasteiger partial charge in [-0.3, -0.25) is 24.0 Å². The molecule has 3 amide bonds. The van der Waals surface area contributed by atoms with Crippen LogP contribution in [0.3, 0.4) is 0 Å². The van der Waals surface area contributed by atoms with Gasteiger partial charge in [0.1, 0.15) is 18.1 Å². The first kappa shape index (κ1) is 26.0. The molecule has 160 valence electrons. The van der Waals surface area contributed by atoms with Gasteiger partial charge in [-0.25, -0.2) is 0 Å². The molecule has 28 heavy (non-hydrogen) atoms. The third kappa shape index (κ3) is 9.80. The van der Waals surface area contributed by atoms with Gasteiger partial charge in [0.25, 0.3) is 0 Å². The fourth-order valence-corrected chi connectivity index (χ4v) is 2.63. The Balaban J connectivity index is 5.04. The van der Waals surface area contributed by atoms with Crippen molar-refractivity contribution in [1.29, 1.82) is 0 Å². The largest absolute Gasteiger partial charge is 0.481 e. The summed E-state index contributed by atoms with van der Waals surface area (Å²) >= 11 is 5.41. The molecule has 0 saturated carbocycles. The highest BCUT2D eigenvalue weighted by molar-refractivity contribution is 7.98. The Bertz CT molecular complexity index is 591. The van der Waals surface area contributed by atoms with Gasteiger partial charge in [0.2, 0.25) is 17.7 Å². The molecule has 7 N–H and O–H groups in total. The fourth-order valence-electron chi connectivity index (χ4n) is 1.91. The molecule has 0 saturated heterocycles. The third-order valence-electron chi connectivity index (χ3n) is 3.52. The number of nitrogens with one attached hydrogen (secondary N) is 3. The van der Waals surface area contributed by atoms with Gasteiger partial charge >= 0.3 is 11.9 Å². The van der Waals surface area contributed by atoms with Gasteiger partial charge in [0, 0.05) is 5.75 Å². The zero-order valence-corrected chi connectivity index (χ0v) is 17.2. The molecule has 0 bridgehead atoms. The van der Waals surface area contributed by atoms with E-state index in [2.05, 4.69) is 28.6 Å². The molecule has 11 nitrogen and oxygen atoms in total. The van der Waals surface area contributed by atoms with Gasteiger partial charge < -0.3 is 31.9 Å². The van der Waals surface area contributed by atoms with Crippen molar-refractivity contribution >= 4 is 54.1 Å². The van der Waals surface area contributed by atoms with E-state index in [0.717, 1.165) is 0 Å². The van der Waals surface area contributed by atoms with Gasteiger partial charge in [-0.15, -0.1) is 0 Å². The van der Waals surface area contributed by atoms with Gasteiger partial charge in [-0.2, -0.15) is 24.4 Å². The third-order valence-corrected chi connectivity index (χ3v) is 4.53. The van der Waals surface area contributed by atoms with Gasteiger partial charge in [0.05, 0.1) is 12.5 Å². The monoisotopic (exact) mass is 438 g/mol. The second-order valence-electron chi connectivity index (χ2n) is 5.86. The standard InChI is InChI=1S/C15H26N4O7S2/c1-7(15(25)26)17-13(23)9(3-4-28-2)18-14(24)10(6-27)19-12(22)8(16)5-11(20)21/h7-10,27H,3-6,16H2,1-2H3,(H,17,23)(H,18,24)(H,19,22)(H,20,21)(H,25,26). The molecule has 0 aliphatic rings. The number of carbonyl (C=O) groups is 5. The van der Waals surface area contributed by atoms with E-state index in [1.807, 2.05) is 0 Å². The SMILES string of the molecule is CSCCC(NC(=O)C(CS)NC(=O)C(N)CC(=O)O)C(=O)NC(C)C(=O)O. The van der Waals surface area contributed by atoms with E-state index in [9.17, 15) is 24.0 Å². The second kappa shape index (κ2) is 13.2. The molecule has 0 radical (unpaired) electrons. The summed E-state index contributed by atoms with van der Waals surface area (Å²) in [5.41, 5.74) is 5.45. The van der Waals surface area contributed by atoms with E-state index in [-0.39, 0.29) is 12.2 Å². The molecule has 0 rings (SSSR count). The molecule has 0 aromatic carbocycles. The molecule has 0 spiro atoms. The highest BCUT2D eigenvalue weighted by Gasteiger charge is 2.28. The Hall–Kier alpha value is -1.99. The van der Waals surface area contributed by atoms with E-state index < -0.39 is 60.2 Å². The molecule has 0 fully saturated rings. The first-order valence-corrected chi connectivity index (χ1v) is 10.3. The lowest BCUT2D eigenvalue weighted by atomic mass is 10.1. The van der Waals surface area contributed by atoms with Crippen LogP contribution in [-0.2, 0) is 24.0 Å². The number of nitrogens with two attached hydrogens (primary N) is 1. The summed E-state index contributed by atoms with van der Waals surface area (Å²) in [6.07, 6.45) is 1.42. The number of hydrogen-bond donors (Lipinski definition) is 7. The quantitative estimate of drug-likeness (QED) is 0.160. The maximum Gasteiger partial charge on any atom is 0.325 e. The predicted octanol–water partition coefficient (Wildman–Crippen LogP) is -1.97. The average molecular weight is 439 g/mol. The van der Waals surface area contributed by atoms with Crippen LogP contribution in [0, 0.1) is 0 Å². The summed E-state index contributed by atoms with van der Waals surface area (Å²) < 4.78 is 0. The molecule has 0 aliphatic heterocycles. The van der Waals surface area contributed by atoms with Crippen LogP contribution in [0.5, 0.6) is 0 Å². The van der Waals surface area contributed by atoms with Crippen LogP contribution < -0.4 is 21.7 Å². The predicted molar refractivity (Wildman–Crippen MR) is 106 cm³/mol. The van der Waals surface area contributed by atoms with Crippen molar-refractivity contribution in [3.63, 3.8) is 0 Å². The number of thiol groups is 1. The first-order chi connectivity index (χ1) is 13.0. The van der Waals surface area contributed by atoms with Crippen LogP contribution in [0.4, 0.5) is 0 Å². The van der Waals surface area contributed by atoms with E-state index in [1.165, 1.54) is 18.7 Å². The van der Waals surface area contributed by atoms with Crippen LogP contribution in [-0.4, -0.2) is 81.8 Å². The molecule has 0 heterocycles. The zero-order chi connectivity index (χ0) is 21.9. The summed E-state index contributed by atoms with van der Waals surface area (Å²) in [4.78, 5) is 58.1. The van der Waals surface area contributed by atoms with E-state index in [1.54, 1.807) is 6.26 Å². The number of carboxylic acids is 2. The Labute approximate surface area is 172 Å². The fraction of sp³-hybridized carbons (Fsp3) is 0.667. The lowest BCUT2D eigenvalue weighted by Crippen LogP contribution is -2.57. The molecule has 0 aliphatic carbocycles. The Morgan fingerprint density at radius 2 is 1.54 bits per heavy atom. The maximum atomic E-state index is 12.4. The smallest absolute Gasteiger partial charge is 0.325 e. The number of rotatable bonds is 13. The molecule has 0 aromatic rings. The van der Waals surface area contributed by atoms with Crippen molar-refractivity contribution in [2.45, 2.75) is 43.9 Å². The van der Waals surface area contributed by atoms with Crippen LogP contribution in [0.15, 0.2) is 0 Å². The Morgan fingerprint density at radius 1 is 1.00 bits per heavy atom. The van der Waals surface area contributed by atoms with E-state index >= 15 is 0 Å². The average Bonchev–Trinajstić information content (AvgIpc) is 2.61. The van der Waals surface area contributed by atoms with Crippen molar-refractivity contribution in [2.75, 3.05) is 17.8 Å². The van der Waals surface area contributed by atoms with E-state index in [4.69, 9.17) is 15.9 Å². The minimum atomic E-state index is -1.35. The molecule has 0 aromatic heterocycles. The minimum absolute atomic E-state index is 0.125. The number of aliphatic carboxylic acids is 2. The topological polar surface area (TPSA) is 188 Å². The van der Waals surface area contributed by atoms with Gasteiger partial charge in [-0.1, -0.05) is 0 Å². The molecular formula is C15H26N4O7S2. The van der Waals surface area contributed by atoms with Crippen molar-refractivity contribution < 1.29 is 34.2 Å². The van der Waals surface area contributed by atoms with Crippen molar-refractivity contribution in [1.82, 2.24) is 16.0 Å². The zero-order valence-electron chi connectivity index (χ0n) is 15.5. The number of thioether (sulfide) groups is 1. The lowest BCUT2D eigenvalue weighted by Gasteiger charge is -2.23. The van der Waals surface area contributed by atoms with Crippen molar-refractivity contribution in [3.8, 4) is 0 Å². The van der Waals surface area contributed by atoms with Gasteiger partial charge in [-0.05, 0) is 25.4 Å². The number of carbonyl (C=O) groups excluding carboxylic acids is 3. The summed E-state index contributed by atoms with van der Waals surface area (Å²) in [5.74, 6) is -4.35. The molecule has 4 unspecified atom stereocenters. The van der Waals surface area contributed by atoms with Crippen molar-refractivity contribution in [2.24, 2.45) is 5.73 Å². The maximum absolute atomic E-state index is 12.4. The number of amides is 3. The summed E-state index contributed by atoms with van der Waals surface area (Å²) in [5, 5.41) is 24.6. The molecule has 4 atom stereocenters. The van der Waals surface area contributed by atoms with Crippen LogP contribution in [0.1, 0.15) is 19.8 Å². The number of carboxylic acid groups (broad SMARTS) is 2. The highest BCUT2D eigenvalue weighted by Crippen LogP contribution is 2.03. The lowest BCUT2D eigenvalue weighted by molar-refractivity contribution is -0.141. The van der Waals surface area contributed by atoms with Crippen LogP contribution in [0.2, 0.25) is 0 Å².